The molecule has 2 rings (SSSR count). The Morgan fingerprint density at radius 2 is 1.92 bits per heavy atom. The second-order valence-corrected chi connectivity index (χ2v) is 5.68. The van der Waals surface area contributed by atoms with Gasteiger partial charge in [0.2, 0.25) is 0 Å². The number of hydrogen-bond acceptors (Lipinski definition) is 6. The summed E-state index contributed by atoms with van der Waals surface area (Å²) in [5, 5.41) is 10.1. The summed E-state index contributed by atoms with van der Waals surface area (Å²) in [5.74, 6) is -2.89. The van der Waals surface area contributed by atoms with Gasteiger partial charge in [0, 0.05) is 0 Å². The molecule has 0 saturated heterocycles. The number of carbonyl (C=O) groups is 1. The number of esters is 1. The minimum Gasteiger partial charge on any atom is -0.466 e. The second kappa shape index (κ2) is 6.92. The molecule has 0 amide bonds. The first kappa shape index (κ1) is 19.7. The molecule has 0 spiro atoms. The van der Waals surface area contributed by atoms with Crippen LogP contribution in [0.3, 0.4) is 0 Å². The van der Waals surface area contributed by atoms with Gasteiger partial charge in [-0.3, -0.25) is 9.78 Å². The van der Waals surface area contributed by atoms with Crippen LogP contribution in [-0.2, 0) is 21.7 Å². The van der Waals surface area contributed by atoms with E-state index in [1.54, 1.807) is 30.3 Å². The molecule has 140 valence electrons. The van der Waals surface area contributed by atoms with E-state index in [0.717, 1.165) is 4.57 Å². The van der Waals surface area contributed by atoms with Gasteiger partial charge in [0.05, 0.1) is 13.7 Å². The molecule has 0 radical (unpaired) electrons. The largest absolute Gasteiger partial charge is 0.466 e. The maximum absolute atomic E-state index is 13.5. The molecule has 1 unspecified atom stereocenters. The molecule has 26 heavy (non-hydrogen) atoms. The van der Waals surface area contributed by atoms with Crippen molar-refractivity contribution in [2.75, 3.05) is 12.8 Å². The van der Waals surface area contributed by atoms with Gasteiger partial charge in [-0.05, 0) is 17.8 Å². The Morgan fingerprint density at radius 3 is 2.42 bits per heavy atom. The van der Waals surface area contributed by atoms with Gasteiger partial charge in [-0.2, -0.15) is 13.2 Å². The number of aliphatic hydroxyl groups is 1. The highest BCUT2D eigenvalue weighted by Crippen LogP contribution is 2.40. The van der Waals surface area contributed by atoms with Crippen molar-refractivity contribution in [2.45, 2.75) is 18.3 Å². The van der Waals surface area contributed by atoms with Gasteiger partial charge in [-0.15, -0.1) is 0 Å². The fraction of sp³-hybridized carbons (Fsp3) is 0.267. The van der Waals surface area contributed by atoms with Crippen molar-refractivity contribution < 1.29 is 27.8 Å². The molecule has 11 heteroatoms. The Hall–Kier alpha value is -2.66. The number of alkyl halides is 3. The number of H-pyrrole nitrogens is 1. The van der Waals surface area contributed by atoms with Crippen LogP contribution in [0.2, 0.25) is 0 Å². The van der Waals surface area contributed by atoms with Crippen molar-refractivity contribution in [1.29, 1.82) is 0 Å². The number of halogens is 3. The van der Waals surface area contributed by atoms with Crippen LogP contribution >= 0.6 is 12.2 Å². The summed E-state index contributed by atoms with van der Waals surface area (Å²) in [6.07, 6.45) is -5.56. The van der Waals surface area contributed by atoms with Crippen LogP contribution in [0, 0.1) is 4.77 Å². The molecule has 1 heterocycles. The lowest BCUT2D eigenvalue weighted by Crippen LogP contribution is -2.53. The summed E-state index contributed by atoms with van der Waals surface area (Å²) in [5.41, 5.74) is -0.764. The first-order chi connectivity index (χ1) is 12.0. The average Bonchev–Trinajstić information content (AvgIpc) is 2.57. The van der Waals surface area contributed by atoms with E-state index >= 15 is 0 Å². The monoisotopic (exact) mass is 389 g/mol. The number of rotatable bonds is 4. The standard InChI is InChI=1S/C15H14F3N3O4S/c1-25-12(23)14(24,15(16,17)18)9-10(19)21(13(26)20-11(9)22)7-8-5-3-2-4-6-8/h2-6,24H,7,19H2,1H3,(H,20,22,26). The van der Waals surface area contributed by atoms with Gasteiger partial charge in [-0.25, -0.2) is 4.79 Å². The van der Waals surface area contributed by atoms with Gasteiger partial charge in [0.1, 0.15) is 11.4 Å². The molecule has 0 saturated carbocycles. The lowest BCUT2D eigenvalue weighted by atomic mass is 9.94. The number of nitrogens with two attached hydrogens (primary N) is 1. The quantitative estimate of drug-likeness (QED) is 0.539. The zero-order valence-corrected chi connectivity index (χ0v) is 14.1. The predicted molar refractivity (Wildman–Crippen MR) is 87.8 cm³/mol. The summed E-state index contributed by atoms with van der Waals surface area (Å²) in [6.45, 7) is -0.0929. The Bertz CT molecular complexity index is 940. The number of hydrogen-bond donors (Lipinski definition) is 3. The number of nitrogens with zero attached hydrogens (tertiary/aromatic N) is 1. The number of anilines is 1. The SMILES string of the molecule is COC(=O)C(O)(c1c(N)n(Cc2ccccc2)c(=S)[nH]c1=O)C(F)(F)F. The number of carbonyl (C=O) groups excluding carboxylic acids is 1. The van der Waals surface area contributed by atoms with Gasteiger partial charge in [-0.1, -0.05) is 30.3 Å². The minimum atomic E-state index is -5.56. The fourth-order valence-electron chi connectivity index (χ4n) is 2.37. The number of aromatic amines is 1. The Labute approximate surface area is 149 Å². The van der Waals surface area contributed by atoms with Crippen molar-refractivity contribution in [3.8, 4) is 0 Å². The molecular weight excluding hydrogens is 375 g/mol. The van der Waals surface area contributed by atoms with Crippen molar-refractivity contribution in [2.24, 2.45) is 0 Å². The third kappa shape index (κ3) is 3.22. The average molecular weight is 389 g/mol. The van der Waals surface area contributed by atoms with E-state index in [1.165, 1.54) is 0 Å². The Morgan fingerprint density at radius 1 is 1.35 bits per heavy atom. The van der Waals surface area contributed by atoms with E-state index in [2.05, 4.69) is 4.74 Å². The lowest BCUT2D eigenvalue weighted by Gasteiger charge is -2.29. The number of ether oxygens (including phenoxy) is 1. The second-order valence-electron chi connectivity index (χ2n) is 5.29. The summed E-state index contributed by atoms with van der Waals surface area (Å²) < 4.78 is 45.1. The van der Waals surface area contributed by atoms with E-state index in [4.69, 9.17) is 18.0 Å². The van der Waals surface area contributed by atoms with Crippen LogP contribution in [0.5, 0.6) is 0 Å². The van der Waals surface area contributed by atoms with Gasteiger partial charge in [0.25, 0.3) is 11.2 Å². The van der Waals surface area contributed by atoms with Gasteiger partial charge < -0.3 is 20.1 Å². The predicted octanol–water partition coefficient (Wildman–Crippen LogP) is 1.46. The summed E-state index contributed by atoms with van der Waals surface area (Å²) in [6, 6.07) is 8.40. The van der Waals surface area contributed by atoms with Crippen molar-refractivity contribution in [3.63, 3.8) is 0 Å². The first-order valence-corrected chi connectivity index (χ1v) is 7.49. The van der Waals surface area contributed by atoms with Crippen LogP contribution in [0.1, 0.15) is 11.1 Å². The van der Waals surface area contributed by atoms with E-state index in [0.29, 0.717) is 12.7 Å². The Balaban J connectivity index is 2.77. The van der Waals surface area contributed by atoms with Crippen molar-refractivity contribution in [1.82, 2.24) is 9.55 Å². The zero-order valence-electron chi connectivity index (χ0n) is 13.3. The van der Waals surface area contributed by atoms with Crippen LogP contribution in [0.15, 0.2) is 35.1 Å². The molecule has 0 fully saturated rings. The molecule has 0 aliphatic carbocycles. The van der Waals surface area contributed by atoms with Crippen LogP contribution in [0.4, 0.5) is 19.0 Å². The van der Waals surface area contributed by atoms with Crippen LogP contribution in [-0.4, -0.2) is 33.9 Å². The molecule has 0 aliphatic heterocycles. The molecular formula is C15H14F3N3O4S. The third-order valence-corrected chi connectivity index (χ3v) is 4.00. The maximum Gasteiger partial charge on any atom is 0.432 e. The fourth-order valence-corrected chi connectivity index (χ4v) is 2.62. The smallest absolute Gasteiger partial charge is 0.432 e. The third-order valence-electron chi connectivity index (χ3n) is 3.68. The molecule has 0 aliphatic rings. The number of aromatic nitrogens is 2. The molecule has 2 aromatic rings. The number of methoxy groups -OCH3 is 1. The molecule has 1 atom stereocenters. The van der Waals surface area contributed by atoms with Gasteiger partial charge in [0.15, 0.2) is 4.77 Å². The van der Waals surface area contributed by atoms with Crippen LogP contribution < -0.4 is 11.3 Å². The van der Waals surface area contributed by atoms with Crippen molar-refractivity contribution >= 4 is 24.0 Å². The first-order valence-electron chi connectivity index (χ1n) is 7.08. The van der Waals surface area contributed by atoms with E-state index in [9.17, 15) is 27.9 Å². The molecule has 1 aromatic heterocycles. The number of benzene rings is 1. The normalized spacial score (nSPS) is 13.9. The Kier molecular flexibility index (Phi) is 5.23. The summed E-state index contributed by atoms with van der Waals surface area (Å²) in [4.78, 5) is 25.8. The van der Waals surface area contributed by atoms with Gasteiger partial charge >= 0.3 is 12.1 Å². The molecule has 4 N–H and O–H groups in total. The van der Waals surface area contributed by atoms with Crippen LogP contribution in [0.25, 0.3) is 0 Å². The highest BCUT2D eigenvalue weighted by Gasteiger charge is 2.64. The molecule has 1 aromatic carbocycles. The van der Waals surface area contributed by atoms with E-state index in [-0.39, 0.29) is 11.3 Å². The molecule has 7 nitrogen and oxygen atoms in total. The molecule has 0 bridgehead atoms. The summed E-state index contributed by atoms with van der Waals surface area (Å²) >= 11 is 4.94. The maximum atomic E-state index is 13.5. The topological polar surface area (TPSA) is 110 Å². The zero-order chi connectivity index (χ0) is 19.7. The minimum absolute atomic E-state index is 0.0929. The highest BCUT2D eigenvalue weighted by molar-refractivity contribution is 7.71. The number of nitrogens with one attached hydrogen (secondary N) is 1. The van der Waals surface area contributed by atoms with E-state index < -0.39 is 34.7 Å². The number of nitrogen functional groups attached to an aromatic ring is 1. The summed E-state index contributed by atoms with van der Waals surface area (Å²) in [7, 11) is 0.642. The van der Waals surface area contributed by atoms with E-state index in [1.807, 2.05) is 4.98 Å². The lowest BCUT2D eigenvalue weighted by molar-refractivity contribution is -0.267. The van der Waals surface area contributed by atoms with Crippen molar-refractivity contribution in [3.05, 3.63) is 56.6 Å². The highest BCUT2D eigenvalue weighted by atomic mass is 32.1.